The van der Waals surface area contributed by atoms with Crippen LogP contribution >= 0.6 is 15.9 Å². The molecule has 1 aromatic heterocycles. The molecule has 0 amide bonds. The second-order valence-electron chi connectivity index (χ2n) is 3.72. The van der Waals surface area contributed by atoms with E-state index in [1.807, 2.05) is 7.05 Å². The summed E-state index contributed by atoms with van der Waals surface area (Å²) in [5.74, 6) is 0.937. The Morgan fingerprint density at radius 3 is 2.60 bits per heavy atom. The Labute approximate surface area is 97.8 Å². The fourth-order valence-electron chi connectivity index (χ4n) is 1.74. The van der Waals surface area contributed by atoms with Gasteiger partial charge in [0.2, 0.25) is 0 Å². The van der Waals surface area contributed by atoms with Gasteiger partial charge in [-0.25, -0.2) is 4.98 Å². The van der Waals surface area contributed by atoms with Crippen molar-refractivity contribution in [3.05, 3.63) is 33.8 Å². The summed E-state index contributed by atoms with van der Waals surface area (Å²) in [6.07, 6.45) is 0. The van der Waals surface area contributed by atoms with Crippen LogP contribution in [-0.4, -0.2) is 12.0 Å². The largest absolute Gasteiger partial charge is 0.373 e. The zero-order chi connectivity index (χ0) is 11.0. The van der Waals surface area contributed by atoms with Crippen molar-refractivity contribution in [2.75, 3.05) is 12.4 Å². The molecule has 0 unspecified atom stereocenters. The van der Waals surface area contributed by atoms with Crippen LogP contribution in [-0.2, 0) is 0 Å². The molecule has 0 aliphatic rings. The number of aryl methyl sites for hydroxylation is 2. The summed E-state index contributed by atoms with van der Waals surface area (Å²) >= 11 is 3.55. The van der Waals surface area contributed by atoms with Crippen LogP contribution in [0.25, 0.3) is 10.9 Å². The summed E-state index contributed by atoms with van der Waals surface area (Å²) in [6.45, 7) is 4.15. The lowest BCUT2D eigenvalue weighted by Gasteiger charge is -2.08. The van der Waals surface area contributed by atoms with Crippen LogP contribution in [0.15, 0.2) is 22.7 Å². The number of rotatable bonds is 1. The van der Waals surface area contributed by atoms with Crippen LogP contribution in [0.3, 0.4) is 0 Å². The summed E-state index contributed by atoms with van der Waals surface area (Å²) in [4.78, 5) is 4.58. The van der Waals surface area contributed by atoms with Crippen molar-refractivity contribution in [3.8, 4) is 0 Å². The number of hydrogen-bond donors (Lipinski definition) is 1. The van der Waals surface area contributed by atoms with Crippen molar-refractivity contribution in [1.29, 1.82) is 0 Å². The number of halogens is 1. The minimum Gasteiger partial charge on any atom is -0.373 e. The first-order chi connectivity index (χ1) is 7.11. The normalized spacial score (nSPS) is 10.7. The van der Waals surface area contributed by atoms with E-state index in [4.69, 9.17) is 0 Å². The van der Waals surface area contributed by atoms with Gasteiger partial charge in [0.1, 0.15) is 5.82 Å². The van der Waals surface area contributed by atoms with Crippen LogP contribution in [0.1, 0.15) is 11.1 Å². The van der Waals surface area contributed by atoms with Gasteiger partial charge in [-0.15, -0.1) is 0 Å². The second-order valence-corrected chi connectivity index (χ2v) is 4.58. The van der Waals surface area contributed by atoms with Crippen molar-refractivity contribution in [1.82, 2.24) is 4.98 Å². The topological polar surface area (TPSA) is 24.9 Å². The highest BCUT2D eigenvalue weighted by atomic mass is 79.9. The van der Waals surface area contributed by atoms with Gasteiger partial charge in [0.25, 0.3) is 0 Å². The van der Waals surface area contributed by atoms with Gasteiger partial charge >= 0.3 is 0 Å². The predicted octanol–water partition coefficient (Wildman–Crippen LogP) is 3.66. The minimum atomic E-state index is 0.937. The minimum absolute atomic E-state index is 0.937. The average molecular weight is 265 g/mol. The summed E-state index contributed by atoms with van der Waals surface area (Å²) in [6, 6.07) is 6.40. The first-order valence-electron chi connectivity index (χ1n) is 4.87. The van der Waals surface area contributed by atoms with E-state index in [-0.39, 0.29) is 0 Å². The smallest absolute Gasteiger partial charge is 0.129 e. The quantitative estimate of drug-likeness (QED) is 0.851. The van der Waals surface area contributed by atoms with Gasteiger partial charge in [-0.05, 0) is 59.1 Å². The first-order valence-corrected chi connectivity index (χ1v) is 5.66. The summed E-state index contributed by atoms with van der Waals surface area (Å²) in [5.41, 5.74) is 3.42. The number of hydrogen-bond acceptors (Lipinski definition) is 2. The Bertz CT molecular complexity index is 521. The molecule has 1 N–H and O–H groups in total. The highest BCUT2D eigenvalue weighted by Crippen LogP contribution is 2.27. The molecule has 3 heteroatoms. The standard InChI is InChI=1S/C12H13BrN2/c1-7-4-9-6-8(2)12(14-3)15-11(9)10(13)5-7/h4-6H,1-3H3,(H,14,15). The van der Waals surface area contributed by atoms with Crippen LogP contribution < -0.4 is 5.32 Å². The predicted molar refractivity (Wildman–Crippen MR) is 68.5 cm³/mol. The third-order valence-corrected chi connectivity index (χ3v) is 3.05. The van der Waals surface area contributed by atoms with E-state index in [1.54, 1.807) is 0 Å². The molecule has 1 heterocycles. The zero-order valence-corrected chi connectivity index (χ0v) is 10.6. The van der Waals surface area contributed by atoms with E-state index in [0.717, 1.165) is 15.8 Å². The van der Waals surface area contributed by atoms with E-state index in [0.29, 0.717) is 0 Å². The molecule has 2 nitrogen and oxygen atoms in total. The molecule has 2 rings (SSSR count). The number of nitrogens with zero attached hydrogens (tertiary/aromatic N) is 1. The van der Waals surface area contributed by atoms with Gasteiger partial charge in [0, 0.05) is 16.9 Å². The van der Waals surface area contributed by atoms with Crippen LogP contribution in [0.5, 0.6) is 0 Å². The van der Waals surface area contributed by atoms with Gasteiger partial charge in [-0.2, -0.15) is 0 Å². The molecule has 2 aromatic rings. The lowest BCUT2D eigenvalue weighted by atomic mass is 10.1. The average Bonchev–Trinajstić information content (AvgIpc) is 2.16. The van der Waals surface area contributed by atoms with Gasteiger partial charge < -0.3 is 5.32 Å². The molecule has 15 heavy (non-hydrogen) atoms. The lowest BCUT2D eigenvalue weighted by Crippen LogP contribution is -1.96. The Balaban J connectivity index is 2.81. The molecule has 0 aliphatic carbocycles. The van der Waals surface area contributed by atoms with Crippen molar-refractivity contribution >= 4 is 32.7 Å². The van der Waals surface area contributed by atoms with Crippen LogP contribution in [0.4, 0.5) is 5.82 Å². The fourth-order valence-corrected chi connectivity index (χ4v) is 2.42. The van der Waals surface area contributed by atoms with Gasteiger partial charge in [-0.3, -0.25) is 0 Å². The fraction of sp³-hybridized carbons (Fsp3) is 0.250. The molecular weight excluding hydrogens is 252 g/mol. The van der Waals surface area contributed by atoms with E-state index >= 15 is 0 Å². The lowest BCUT2D eigenvalue weighted by molar-refractivity contribution is 1.28. The Hall–Kier alpha value is -1.09. The Morgan fingerprint density at radius 2 is 1.93 bits per heavy atom. The van der Waals surface area contributed by atoms with E-state index in [1.165, 1.54) is 16.5 Å². The molecule has 0 bridgehead atoms. The molecule has 1 aromatic carbocycles. The third kappa shape index (κ3) is 1.84. The molecule has 0 saturated heterocycles. The highest BCUT2D eigenvalue weighted by molar-refractivity contribution is 9.10. The maximum Gasteiger partial charge on any atom is 0.129 e. The van der Waals surface area contributed by atoms with Gasteiger partial charge in [-0.1, -0.05) is 0 Å². The van der Waals surface area contributed by atoms with Gasteiger partial charge in [0.05, 0.1) is 5.52 Å². The maximum atomic E-state index is 4.58. The number of pyridine rings is 1. The highest BCUT2D eigenvalue weighted by Gasteiger charge is 2.05. The van der Waals surface area contributed by atoms with Crippen molar-refractivity contribution < 1.29 is 0 Å². The summed E-state index contributed by atoms with van der Waals surface area (Å²) in [5, 5.41) is 4.28. The van der Waals surface area contributed by atoms with Crippen molar-refractivity contribution in [2.24, 2.45) is 0 Å². The first kappa shape index (κ1) is 10.4. The number of benzene rings is 1. The maximum absolute atomic E-state index is 4.58. The zero-order valence-electron chi connectivity index (χ0n) is 9.06. The van der Waals surface area contributed by atoms with E-state index in [2.05, 4.69) is 58.3 Å². The molecule has 0 atom stereocenters. The summed E-state index contributed by atoms with van der Waals surface area (Å²) in [7, 11) is 1.89. The third-order valence-electron chi connectivity index (χ3n) is 2.44. The Morgan fingerprint density at radius 1 is 1.20 bits per heavy atom. The van der Waals surface area contributed by atoms with E-state index in [9.17, 15) is 0 Å². The molecule has 0 fully saturated rings. The van der Waals surface area contributed by atoms with E-state index < -0.39 is 0 Å². The monoisotopic (exact) mass is 264 g/mol. The molecule has 0 saturated carbocycles. The molecule has 0 spiro atoms. The summed E-state index contributed by atoms with van der Waals surface area (Å²) < 4.78 is 1.05. The molecule has 0 radical (unpaired) electrons. The van der Waals surface area contributed by atoms with Crippen molar-refractivity contribution in [3.63, 3.8) is 0 Å². The number of anilines is 1. The molecule has 78 valence electrons. The Kier molecular flexibility index (Phi) is 2.65. The molecular formula is C12H13BrN2. The number of fused-ring (bicyclic) bond motifs is 1. The number of aromatic nitrogens is 1. The van der Waals surface area contributed by atoms with Gasteiger partial charge in [0.15, 0.2) is 0 Å². The van der Waals surface area contributed by atoms with Crippen LogP contribution in [0.2, 0.25) is 0 Å². The van der Waals surface area contributed by atoms with Crippen LogP contribution in [0, 0.1) is 13.8 Å². The SMILES string of the molecule is CNc1nc2c(Br)cc(C)cc2cc1C. The van der Waals surface area contributed by atoms with Crippen molar-refractivity contribution in [2.45, 2.75) is 13.8 Å². The second kappa shape index (κ2) is 3.81. The number of nitrogens with one attached hydrogen (secondary N) is 1. The molecule has 0 aliphatic heterocycles.